The lowest BCUT2D eigenvalue weighted by atomic mass is 9.81. The van der Waals surface area contributed by atoms with Gasteiger partial charge in [-0.3, -0.25) is 4.79 Å². The van der Waals surface area contributed by atoms with E-state index in [9.17, 15) is 27.9 Å². The second kappa shape index (κ2) is 6.09. The molecule has 5 nitrogen and oxygen atoms in total. The minimum atomic E-state index is -4.64. The average molecular weight is 377 g/mol. The number of amides is 2. The Kier molecular flexibility index (Phi) is 4.35. The smallest absolute Gasteiger partial charge is 0.418 e. The molecule has 1 aromatic carbocycles. The molecule has 0 bridgehead atoms. The highest BCUT2D eigenvalue weighted by Crippen LogP contribution is 2.49. The summed E-state index contributed by atoms with van der Waals surface area (Å²) in [7, 11) is 0. The lowest BCUT2D eigenvalue weighted by molar-refractivity contribution is -0.149. The Morgan fingerprint density at radius 2 is 2.08 bits per heavy atom. The van der Waals surface area contributed by atoms with Crippen molar-refractivity contribution < 1.29 is 27.9 Å². The van der Waals surface area contributed by atoms with E-state index in [4.69, 9.17) is 11.6 Å². The summed E-state index contributed by atoms with van der Waals surface area (Å²) in [5.41, 5.74) is -2.43. The predicted octanol–water partition coefficient (Wildman–Crippen LogP) is 4.08. The maximum Gasteiger partial charge on any atom is 0.418 e. The van der Waals surface area contributed by atoms with Crippen LogP contribution in [-0.4, -0.2) is 35.1 Å². The van der Waals surface area contributed by atoms with Crippen LogP contribution in [0.5, 0.6) is 0 Å². The van der Waals surface area contributed by atoms with E-state index in [1.807, 2.05) is 0 Å². The Hall–Kier alpha value is -1.96. The van der Waals surface area contributed by atoms with Crippen LogP contribution in [0, 0.1) is 11.3 Å². The number of carbonyl (C=O) groups is 2. The van der Waals surface area contributed by atoms with E-state index in [2.05, 4.69) is 5.32 Å². The molecule has 2 amide bonds. The van der Waals surface area contributed by atoms with Crippen molar-refractivity contribution in [2.45, 2.75) is 25.4 Å². The second-order valence-corrected chi connectivity index (χ2v) is 6.99. The number of alkyl halides is 3. The second-order valence-electron chi connectivity index (χ2n) is 6.55. The normalized spacial score (nSPS) is 25.8. The van der Waals surface area contributed by atoms with Gasteiger partial charge in [-0.05, 0) is 37.0 Å². The van der Waals surface area contributed by atoms with Crippen LogP contribution in [0.1, 0.15) is 24.8 Å². The van der Waals surface area contributed by atoms with Gasteiger partial charge in [0, 0.05) is 18.1 Å². The molecule has 25 heavy (non-hydrogen) atoms. The van der Waals surface area contributed by atoms with E-state index in [1.54, 1.807) is 0 Å². The predicted molar refractivity (Wildman–Crippen MR) is 84.5 cm³/mol. The first-order valence-electron chi connectivity index (χ1n) is 7.79. The molecule has 2 atom stereocenters. The van der Waals surface area contributed by atoms with Crippen molar-refractivity contribution in [3.05, 3.63) is 28.8 Å². The Morgan fingerprint density at radius 3 is 2.68 bits per heavy atom. The summed E-state index contributed by atoms with van der Waals surface area (Å²) in [6.45, 7) is 0.223. The number of hydrogen-bond donors (Lipinski definition) is 2. The van der Waals surface area contributed by atoms with Crippen molar-refractivity contribution in [1.29, 1.82) is 0 Å². The van der Waals surface area contributed by atoms with Gasteiger partial charge in [-0.2, -0.15) is 13.2 Å². The van der Waals surface area contributed by atoms with Gasteiger partial charge in [0.2, 0.25) is 0 Å². The summed E-state index contributed by atoms with van der Waals surface area (Å²) in [5.74, 6) is -1.12. The molecular weight excluding hydrogens is 361 g/mol. The fraction of sp³-hybridized carbons (Fsp3) is 0.500. The maximum absolute atomic E-state index is 13.1. The first kappa shape index (κ1) is 17.8. The third-order valence-electron chi connectivity index (χ3n) is 5.11. The highest BCUT2D eigenvalue weighted by atomic mass is 35.5. The molecule has 1 saturated heterocycles. The number of aliphatic carboxylic acids is 1. The highest BCUT2D eigenvalue weighted by Gasteiger charge is 2.55. The lowest BCUT2D eigenvalue weighted by Crippen LogP contribution is -2.39. The molecule has 0 aromatic heterocycles. The number of nitrogens with zero attached hydrogens (tertiary/aromatic N) is 1. The molecule has 1 saturated carbocycles. The summed E-state index contributed by atoms with van der Waals surface area (Å²) in [6.07, 6.45) is -2.70. The molecule has 136 valence electrons. The number of benzene rings is 1. The number of urea groups is 1. The molecule has 0 spiro atoms. The number of halogens is 4. The topological polar surface area (TPSA) is 69.6 Å². The average Bonchev–Trinajstić information content (AvgIpc) is 3.03. The number of carboxylic acids is 1. The number of carbonyl (C=O) groups excluding carboxylic acids is 1. The number of likely N-dealkylation sites (tertiary alicyclic amines) is 1. The molecule has 0 unspecified atom stereocenters. The molecule has 2 fully saturated rings. The summed E-state index contributed by atoms with van der Waals surface area (Å²) >= 11 is 5.74. The van der Waals surface area contributed by atoms with Crippen LogP contribution in [0.25, 0.3) is 0 Å². The molecule has 1 aromatic rings. The Bertz CT molecular complexity index is 725. The zero-order chi connectivity index (χ0) is 18.4. The van der Waals surface area contributed by atoms with E-state index >= 15 is 0 Å². The summed E-state index contributed by atoms with van der Waals surface area (Å²) in [4.78, 5) is 25.3. The van der Waals surface area contributed by atoms with E-state index in [-0.39, 0.29) is 24.0 Å². The number of hydrogen-bond acceptors (Lipinski definition) is 2. The summed E-state index contributed by atoms with van der Waals surface area (Å²) in [6, 6.07) is 2.18. The number of anilines is 1. The van der Waals surface area contributed by atoms with Gasteiger partial charge in [-0.1, -0.05) is 18.0 Å². The minimum Gasteiger partial charge on any atom is -0.481 e. The SMILES string of the molecule is O=C(Nc1cc(Cl)ccc1C(F)(F)F)N1C[C@@H]2CCC[C@@]2(C(=O)O)C1. The number of nitrogens with one attached hydrogen (secondary N) is 1. The van der Waals surface area contributed by atoms with Crippen molar-refractivity contribution in [2.75, 3.05) is 18.4 Å². The van der Waals surface area contributed by atoms with Gasteiger partial charge in [0.25, 0.3) is 0 Å². The van der Waals surface area contributed by atoms with Gasteiger partial charge in [0.1, 0.15) is 0 Å². The largest absolute Gasteiger partial charge is 0.481 e. The van der Waals surface area contributed by atoms with Crippen molar-refractivity contribution >= 4 is 29.3 Å². The molecule has 1 aliphatic heterocycles. The van der Waals surface area contributed by atoms with E-state index in [1.165, 1.54) is 4.90 Å². The monoisotopic (exact) mass is 376 g/mol. The third kappa shape index (κ3) is 3.15. The van der Waals surface area contributed by atoms with Crippen molar-refractivity contribution in [3.8, 4) is 0 Å². The van der Waals surface area contributed by atoms with Crippen molar-refractivity contribution in [2.24, 2.45) is 11.3 Å². The fourth-order valence-electron chi connectivity index (χ4n) is 3.85. The van der Waals surface area contributed by atoms with Gasteiger partial charge in [0.05, 0.1) is 16.7 Å². The molecule has 2 N–H and O–H groups in total. The molecule has 9 heteroatoms. The van der Waals surface area contributed by atoms with Crippen LogP contribution in [0.15, 0.2) is 18.2 Å². The Labute approximate surface area is 146 Å². The number of carboxylic acid groups (broad SMARTS) is 1. The van der Waals surface area contributed by atoms with Gasteiger partial charge >= 0.3 is 18.2 Å². The molecule has 1 aliphatic carbocycles. The molecule has 3 rings (SSSR count). The molecule has 0 radical (unpaired) electrons. The van der Waals surface area contributed by atoms with Gasteiger partial charge in [0.15, 0.2) is 0 Å². The minimum absolute atomic E-state index is 0.000744. The maximum atomic E-state index is 13.1. The Balaban J connectivity index is 1.81. The van der Waals surface area contributed by atoms with Crippen LogP contribution < -0.4 is 5.32 Å². The Morgan fingerprint density at radius 1 is 1.36 bits per heavy atom. The van der Waals surface area contributed by atoms with Crippen LogP contribution in [0.2, 0.25) is 5.02 Å². The lowest BCUT2D eigenvalue weighted by Gasteiger charge is -2.24. The van der Waals surface area contributed by atoms with Gasteiger partial charge in [-0.15, -0.1) is 0 Å². The fourth-order valence-corrected chi connectivity index (χ4v) is 4.03. The first-order valence-corrected chi connectivity index (χ1v) is 8.17. The van der Waals surface area contributed by atoms with E-state index in [0.717, 1.165) is 24.6 Å². The first-order chi connectivity index (χ1) is 11.6. The number of rotatable bonds is 2. The molecule has 1 heterocycles. The molecular formula is C16H16ClF3N2O3. The van der Waals surface area contributed by atoms with Gasteiger partial charge in [-0.25, -0.2) is 4.79 Å². The van der Waals surface area contributed by atoms with E-state index in [0.29, 0.717) is 12.8 Å². The zero-order valence-electron chi connectivity index (χ0n) is 13.1. The van der Waals surface area contributed by atoms with Gasteiger partial charge < -0.3 is 15.3 Å². The summed E-state index contributed by atoms with van der Waals surface area (Å²) < 4.78 is 39.2. The number of fused-ring (bicyclic) bond motifs is 1. The highest BCUT2D eigenvalue weighted by molar-refractivity contribution is 6.31. The van der Waals surface area contributed by atoms with Crippen LogP contribution in [0.4, 0.5) is 23.7 Å². The van der Waals surface area contributed by atoms with E-state index < -0.39 is 34.8 Å². The standard InChI is InChI=1S/C16H16ClF3N2O3/c17-10-3-4-11(16(18,19)20)12(6-10)21-14(25)22-7-9-2-1-5-15(9,8-22)13(23)24/h3-4,6,9H,1-2,5,7-8H2,(H,21,25)(H,23,24)/t9-,15+/m0/s1. The van der Waals surface area contributed by atoms with Crippen LogP contribution >= 0.6 is 11.6 Å². The van der Waals surface area contributed by atoms with Crippen molar-refractivity contribution in [1.82, 2.24) is 4.90 Å². The quantitative estimate of drug-likeness (QED) is 0.817. The summed E-state index contributed by atoms with van der Waals surface area (Å²) in [5, 5.41) is 11.8. The van der Waals surface area contributed by atoms with Crippen molar-refractivity contribution in [3.63, 3.8) is 0 Å². The van der Waals surface area contributed by atoms with Crippen LogP contribution in [0.3, 0.4) is 0 Å². The van der Waals surface area contributed by atoms with Crippen LogP contribution in [-0.2, 0) is 11.0 Å². The zero-order valence-corrected chi connectivity index (χ0v) is 13.8. The molecule has 2 aliphatic rings. The third-order valence-corrected chi connectivity index (χ3v) is 5.35.